The van der Waals surface area contributed by atoms with E-state index in [4.69, 9.17) is 15.9 Å². The average molecular weight is 232 g/mol. The maximum atomic E-state index is 10.8. The molecule has 0 radical (unpaired) electrons. The number of hydrogen-bond donors (Lipinski definition) is 0. The highest BCUT2D eigenvalue weighted by Crippen LogP contribution is 2.20. The number of esters is 2. The molecular weight excluding hydrogens is 220 g/mol. The Morgan fingerprint density at radius 1 is 1.18 bits per heavy atom. The van der Waals surface area contributed by atoms with E-state index in [9.17, 15) is 9.59 Å². The van der Waals surface area contributed by atoms with Crippen LogP contribution in [0.3, 0.4) is 0 Å². The maximum absolute atomic E-state index is 10.8. The summed E-state index contributed by atoms with van der Waals surface area (Å²) >= 11 is 0. The van der Waals surface area contributed by atoms with Gasteiger partial charge in [-0.3, -0.25) is 9.59 Å². The van der Waals surface area contributed by atoms with Crippen LogP contribution >= 0.6 is 0 Å². The van der Waals surface area contributed by atoms with E-state index in [-0.39, 0.29) is 0 Å². The highest BCUT2D eigenvalue weighted by molar-refractivity contribution is 5.69. The van der Waals surface area contributed by atoms with Crippen molar-refractivity contribution >= 4 is 11.9 Å². The molecule has 17 heavy (non-hydrogen) atoms. The maximum Gasteiger partial charge on any atom is 0.308 e. The Bertz CT molecular complexity index is 453. The highest BCUT2D eigenvalue weighted by Gasteiger charge is 2.11. The second-order valence-corrected chi connectivity index (χ2v) is 3.32. The molecule has 4 heteroatoms. The Morgan fingerprint density at radius 3 is 2.18 bits per heavy atom. The smallest absolute Gasteiger partial charge is 0.308 e. The lowest BCUT2D eigenvalue weighted by Crippen LogP contribution is -2.06. The van der Waals surface area contributed by atoms with Gasteiger partial charge >= 0.3 is 11.9 Å². The molecule has 0 saturated carbocycles. The lowest BCUT2D eigenvalue weighted by atomic mass is 10.1. The minimum absolute atomic E-state index is 0.397. The fraction of sp³-hybridized carbons (Fsp3) is 0.231. The van der Waals surface area contributed by atoms with Crippen molar-refractivity contribution in [2.45, 2.75) is 20.0 Å². The topological polar surface area (TPSA) is 52.6 Å². The minimum atomic E-state index is -0.723. The van der Waals surface area contributed by atoms with Crippen LogP contribution < -0.4 is 4.74 Å². The van der Waals surface area contributed by atoms with E-state index in [1.807, 2.05) is 0 Å². The zero-order chi connectivity index (χ0) is 12.8. The van der Waals surface area contributed by atoms with Crippen molar-refractivity contribution in [2.24, 2.45) is 0 Å². The standard InChI is InChI=1S/C13H12O4/c1-4-13(17-10(3)15)11-5-7-12(8-6-11)16-9(2)14/h1,5-8,13H,2-3H3. The van der Waals surface area contributed by atoms with Crippen molar-refractivity contribution in [1.29, 1.82) is 0 Å². The molecule has 0 N–H and O–H groups in total. The van der Waals surface area contributed by atoms with Crippen molar-refractivity contribution in [3.05, 3.63) is 29.8 Å². The zero-order valence-corrected chi connectivity index (χ0v) is 9.60. The summed E-state index contributed by atoms with van der Waals surface area (Å²) in [6.45, 7) is 2.61. The number of terminal acetylenes is 1. The molecule has 0 heterocycles. The molecule has 0 fully saturated rings. The van der Waals surface area contributed by atoms with E-state index in [0.29, 0.717) is 11.3 Å². The number of hydrogen-bond acceptors (Lipinski definition) is 4. The first-order valence-corrected chi connectivity index (χ1v) is 4.94. The first kappa shape index (κ1) is 12.8. The first-order valence-electron chi connectivity index (χ1n) is 4.94. The Balaban J connectivity index is 2.82. The van der Waals surface area contributed by atoms with E-state index >= 15 is 0 Å². The van der Waals surface area contributed by atoms with Gasteiger partial charge in [-0.1, -0.05) is 18.1 Å². The van der Waals surface area contributed by atoms with Crippen molar-refractivity contribution in [3.63, 3.8) is 0 Å². The molecule has 1 atom stereocenters. The van der Waals surface area contributed by atoms with Gasteiger partial charge in [0.1, 0.15) is 5.75 Å². The fourth-order valence-electron chi connectivity index (χ4n) is 1.24. The van der Waals surface area contributed by atoms with E-state index in [1.54, 1.807) is 24.3 Å². The molecule has 88 valence electrons. The fourth-order valence-corrected chi connectivity index (χ4v) is 1.24. The summed E-state index contributed by atoms with van der Waals surface area (Å²) in [6, 6.07) is 6.46. The predicted molar refractivity (Wildman–Crippen MR) is 61.1 cm³/mol. The molecule has 0 aliphatic carbocycles. The molecule has 4 nitrogen and oxygen atoms in total. The number of rotatable bonds is 3. The Hall–Kier alpha value is -2.28. The van der Waals surface area contributed by atoms with Gasteiger partial charge in [-0.15, -0.1) is 6.42 Å². The van der Waals surface area contributed by atoms with Crippen LogP contribution in [0.25, 0.3) is 0 Å². The molecule has 1 aromatic rings. The quantitative estimate of drug-likeness (QED) is 0.453. The molecule has 0 amide bonds. The second-order valence-electron chi connectivity index (χ2n) is 3.32. The summed E-state index contributed by atoms with van der Waals surface area (Å²) in [4.78, 5) is 21.5. The van der Waals surface area contributed by atoms with Gasteiger partial charge in [0.2, 0.25) is 0 Å². The van der Waals surface area contributed by atoms with Crippen LogP contribution in [0.4, 0.5) is 0 Å². The molecule has 0 saturated heterocycles. The predicted octanol–water partition coefficient (Wildman–Crippen LogP) is 1.85. The van der Waals surface area contributed by atoms with Gasteiger partial charge in [-0.2, -0.15) is 0 Å². The van der Waals surface area contributed by atoms with Gasteiger partial charge in [-0.25, -0.2) is 0 Å². The molecular formula is C13H12O4. The minimum Gasteiger partial charge on any atom is -0.444 e. The molecule has 0 aromatic heterocycles. The van der Waals surface area contributed by atoms with Crippen LogP contribution in [0.5, 0.6) is 5.75 Å². The molecule has 1 aromatic carbocycles. The third-order valence-corrected chi connectivity index (χ3v) is 1.88. The SMILES string of the molecule is C#CC(OC(C)=O)c1ccc(OC(C)=O)cc1. The Kier molecular flexibility index (Phi) is 4.29. The lowest BCUT2D eigenvalue weighted by molar-refractivity contribution is -0.144. The number of benzene rings is 1. The largest absolute Gasteiger partial charge is 0.444 e. The zero-order valence-electron chi connectivity index (χ0n) is 9.60. The number of ether oxygens (including phenoxy) is 2. The normalized spacial score (nSPS) is 11.1. The van der Waals surface area contributed by atoms with Crippen LogP contribution in [-0.4, -0.2) is 11.9 Å². The molecule has 1 unspecified atom stereocenters. The first-order chi connectivity index (χ1) is 8.02. The van der Waals surface area contributed by atoms with Crippen LogP contribution in [0, 0.1) is 12.3 Å². The van der Waals surface area contributed by atoms with Gasteiger partial charge in [0.25, 0.3) is 0 Å². The summed E-state index contributed by atoms with van der Waals surface area (Å²) in [6.07, 6.45) is 4.54. The lowest BCUT2D eigenvalue weighted by Gasteiger charge is -2.11. The summed E-state index contributed by atoms with van der Waals surface area (Å²) < 4.78 is 9.79. The van der Waals surface area contributed by atoms with E-state index < -0.39 is 18.0 Å². The second kappa shape index (κ2) is 5.71. The summed E-state index contributed by atoms with van der Waals surface area (Å²) in [7, 11) is 0. The van der Waals surface area contributed by atoms with Gasteiger partial charge in [0.15, 0.2) is 6.10 Å². The summed E-state index contributed by atoms with van der Waals surface area (Å²) in [5.41, 5.74) is 0.651. The van der Waals surface area contributed by atoms with Crippen LogP contribution in [0.1, 0.15) is 25.5 Å². The summed E-state index contributed by atoms with van der Waals surface area (Å²) in [5, 5.41) is 0. The molecule has 0 aliphatic rings. The van der Waals surface area contributed by atoms with Gasteiger partial charge in [-0.05, 0) is 12.1 Å². The van der Waals surface area contributed by atoms with Gasteiger partial charge in [0.05, 0.1) is 0 Å². The van der Waals surface area contributed by atoms with Gasteiger partial charge in [0, 0.05) is 19.4 Å². The molecule has 0 bridgehead atoms. The van der Waals surface area contributed by atoms with Crippen LogP contribution in [0.15, 0.2) is 24.3 Å². The summed E-state index contributed by atoms with van der Waals surface area (Å²) in [5.74, 6) is 1.93. The monoisotopic (exact) mass is 232 g/mol. The van der Waals surface area contributed by atoms with Crippen LogP contribution in [-0.2, 0) is 14.3 Å². The number of carbonyl (C=O) groups is 2. The van der Waals surface area contributed by atoms with Crippen molar-refractivity contribution in [2.75, 3.05) is 0 Å². The van der Waals surface area contributed by atoms with Crippen molar-refractivity contribution in [1.82, 2.24) is 0 Å². The van der Waals surface area contributed by atoms with Gasteiger partial charge < -0.3 is 9.47 Å². The van der Waals surface area contributed by atoms with Crippen molar-refractivity contribution in [3.8, 4) is 18.1 Å². The third-order valence-electron chi connectivity index (χ3n) is 1.88. The third kappa shape index (κ3) is 3.99. The van der Waals surface area contributed by atoms with E-state index in [0.717, 1.165) is 0 Å². The van der Waals surface area contributed by atoms with Crippen LogP contribution in [0.2, 0.25) is 0 Å². The van der Waals surface area contributed by atoms with E-state index in [1.165, 1.54) is 13.8 Å². The average Bonchev–Trinajstić information content (AvgIpc) is 2.26. The molecule has 0 aliphatic heterocycles. The Morgan fingerprint density at radius 2 is 1.76 bits per heavy atom. The highest BCUT2D eigenvalue weighted by atomic mass is 16.5. The van der Waals surface area contributed by atoms with Crippen molar-refractivity contribution < 1.29 is 19.1 Å². The Labute approximate surface area is 99.5 Å². The molecule has 0 spiro atoms. The van der Waals surface area contributed by atoms with E-state index in [2.05, 4.69) is 5.92 Å². The number of carbonyl (C=O) groups excluding carboxylic acids is 2. The molecule has 1 rings (SSSR count).